The number of esters is 1. The molecule has 0 radical (unpaired) electrons. The number of carbonyl (C=O) groups excluding carboxylic acids is 3. The number of anilines is 1. The minimum absolute atomic E-state index is 0.138. The first-order valence-electron chi connectivity index (χ1n) is 11.0. The van der Waals surface area contributed by atoms with Crippen molar-refractivity contribution in [3.63, 3.8) is 0 Å². The van der Waals surface area contributed by atoms with Gasteiger partial charge in [-0.25, -0.2) is 14.8 Å². The number of phenolic OH excluding ortho intramolecular Hbond substituents is 1. The molecule has 0 saturated heterocycles. The molecule has 2 aromatic heterocycles. The smallest absolute Gasteiger partial charge is 0.330 e. The number of aromatic hydroxyl groups is 1. The number of hydrogen-bond donors (Lipinski definition) is 4. The van der Waals surface area contributed by atoms with Crippen molar-refractivity contribution in [1.82, 2.24) is 20.6 Å². The molecule has 0 fully saturated rings. The molecule has 2 heterocycles. The highest BCUT2D eigenvalue weighted by Crippen LogP contribution is 2.14. The van der Waals surface area contributed by atoms with Crippen molar-refractivity contribution in [2.45, 2.75) is 19.9 Å². The molecule has 0 aliphatic carbocycles. The number of benzene rings is 1. The van der Waals surface area contributed by atoms with Gasteiger partial charge >= 0.3 is 5.97 Å². The predicted molar refractivity (Wildman–Crippen MR) is 137 cm³/mol. The molecule has 0 bridgehead atoms. The highest BCUT2D eigenvalue weighted by molar-refractivity contribution is 7.12. The number of methoxy groups -OCH3 is 1. The quantitative estimate of drug-likeness (QED) is 0.306. The summed E-state index contributed by atoms with van der Waals surface area (Å²) in [4.78, 5) is 46.6. The van der Waals surface area contributed by atoms with E-state index in [4.69, 9.17) is 4.74 Å². The molecule has 10 nitrogen and oxygen atoms in total. The molecule has 0 unspecified atom stereocenters. The van der Waals surface area contributed by atoms with Crippen molar-refractivity contribution in [3.05, 3.63) is 75.2 Å². The molecule has 0 aliphatic rings. The van der Waals surface area contributed by atoms with Crippen LogP contribution in [0.1, 0.15) is 37.0 Å². The molecule has 3 rings (SSSR count). The van der Waals surface area contributed by atoms with Crippen LogP contribution >= 0.6 is 11.3 Å². The van der Waals surface area contributed by atoms with E-state index in [0.717, 1.165) is 5.56 Å². The Morgan fingerprint density at radius 3 is 2.39 bits per heavy atom. The van der Waals surface area contributed by atoms with E-state index < -0.39 is 17.9 Å². The van der Waals surface area contributed by atoms with Gasteiger partial charge in [0.2, 0.25) is 5.95 Å². The fourth-order valence-electron chi connectivity index (χ4n) is 3.31. The maximum Gasteiger partial charge on any atom is 0.330 e. The maximum atomic E-state index is 13.0. The summed E-state index contributed by atoms with van der Waals surface area (Å²) in [7, 11) is 1.21. The van der Waals surface area contributed by atoms with Crippen LogP contribution in [0.5, 0.6) is 5.75 Å². The molecular weight excluding hydrogens is 482 g/mol. The Morgan fingerprint density at radius 2 is 1.78 bits per heavy atom. The fraction of sp³-hybridized carbons (Fsp3) is 0.240. The van der Waals surface area contributed by atoms with Crippen molar-refractivity contribution in [2.75, 3.05) is 25.5 Å². The van der Waals surface area contributed by atoms with Crippen molar-refractivity contribution in [2.24, 2.45) is 0 Å². The van der Waals surface area contributed by atoms with Crippen LogP contribution in [0.2, 0.25) is 0 Å². The van der Waals surface area contributed by atoms with E-state index in [-0.39, 0.29) is 23.8 Å². The molecule has 1 aromatic carbocycles. The number of carbonyl (C=O) groups is 3. The van der Waals surface area contributed by atoms with Gasteiger partial charge in [-0.1, -0.05) is 30.4 Å². The average Bonchev–Trinajstić information content (AvgIpc) is 3.39. The van der Waals surface area contributed by atoms with Crippen molar-refractivity contribution in [1.29, 1.82) is 0 Å². The van der Waals surface area contributed by atoms with Crippen LogP contribution in [0.3, 0.4) is 0 Å². The summed E-state index contributed by atoms with van der Waals surface area (Å²) in [5.74, 6) is -1.03. The largest absolute Gasteiger partial charge is 0.508 e. The second-order valence-electron chi connectivity index (χ2n) is 7.70. The SMILES string of the molecule is COC(=O)[C@H](CNC(=O)c1cccs1)NC(=O)c1c(C)nc(NC/C=C/c2ccc(O)cc2)nc1C. The first-order valence-corrected chi connectivity index (χ1v) is 11.9. The minimum atomic E-state index is -1.09. The molecule has 0 spiro atoms. The second kappa shape index (κ2) is 12.5. The second-order valence-corrected chi connectivity index (χ2v) is 8.65. The number of phenols is 1. The summed E-state index contributed by atoms with van der Waals surface area (Å²) >= 11 is 1.27. The summed E-state index contributed by atoms with van der Waals surface area (Å²) in [6, 6.07) is 9.11. The number of aryl methyl sites for hydroxylation is 2. The minimum Gasteiger partial charge on any atom is -0.508 e. The number of rotatable bonds is 10. The standard InChI is InChI=1S/C25H27N5O5S/c1-15-21(16(2)29-25(28-15)26-12-4-6-17-8-10-18(31)11-9-17)23(33)30-19(24(34)35-3)14-27-22(32)20-7-5-13-36-20/h4-11,13,19,31H,12,14H2,1-3H3,(H,27,32)(H,30,33)(H,26,28,29)/b6-4+/t19-/m0/s1. The van der Waals surface area contributed by atoms with Gasteiger partial charge < -0.3 is 25.8 Å². The summed E-state index contributed by atoms with van der Waals surface area (Å²) in [6.45, 7) is 3.65. The van der Waals surface area contributed by atoms with Crippen LogP contribution in [0, 0.1) is 13.8 Å². The van der Waals surface area contributed by atoms with Gasteiger partial charge in [0.25, 0.3) is 11.8 Å². The summed E-state index contributed by atoms with van der Waals surface area (Å²) < 4.78 is 4.78. The molecule has 11 heteroatoms. The maximum absolute atomic E-state index is 13.0. The van der Waals surface area contributed by atoms with E-state index in [1.54, 1.807) is 55.6 Å². The van der Waals surface area contributed by atoms with E-state index in [1.807, 2.05) is 12.2 Å². The van der Waals surface area contributed by atoms with Crippen LogP contribution in [-0.4, -0.2) is 59.1 Å². The number of thiophene rings is 1. The summed E-state index contributed by atoms with van der Waals surface area (Å²) in [5.41, 5.74) is 2.02. The molecular formula is C25H27N5O5S. The van der Waals surface area contributed by atoms with Gasteiger partial charge in [0.1, 0.15) is 11.8 Å². The molecule has 0 saturated carbocycles. The highest BCUT2D eigenvalue weighted by atomic mass is 32.1. The van der Waals surface area contributed by atoms with E-state index >= 15 is 0 Å². The van der Waals surface area contributed by atoms with Crippen molar-refractivity contribution >= 4 is 41.1 Å². The van der Waals surface area contributed by atoms with Gasteiger partial charge in [0, 0.05) is 13.1 Å². The van der Waals surface area contributed by atoms with Gasteiger partial charge in [0.15, 0.2) is 0 Å². The normalized spacial score (nSPS) is 11.6. The third kappa shape index (κ3) is 7.12. The number of hydrogen-bond acceptors (Lipinski definition) is 9. The van der Waals surface area contributed by atoms with Gasteiger partial charge in [-0.05, 0) is 43.0 Å². The van der Waals surface area contributed by atoms with Crippen LogP contribution in [0.15, 0.2) is 47.9 Å². The molecule has 2 amide bonds. The van der Waals surface area contributed by atoms with E-state index in [1.165, 1.54) is 18.4 Å². The first kappa shape index (κ1) is 26.4. The number of aromatic nitrogens is 2. The Kier molecular flexibility index (Phi) is 9.12. The average molecular weight is 510 g/mol. The number of nitrogens with zero attached hydrogens (tertiary/aromatic N) is 2. The van der Waals surface area contributed by atoms with E-state index in [9.17, 15) is 19.5 Å². The van der Waals surface area contributed by atoms with E-state index in [0.29, 0.717) is 28.8 Å². The molecule has 3 aromatic rings. The van der Waals surface area contributed by atoms with Crippen molar-refractivity contribution < 1.29 is 24.2 Å². The predicted octanol–water partition coefficient (Wildman–Crippen LogP) is 2.69. The Bertz CT molecular complexity index is 1220. The van der Waals surface area contributed by atoms with Gasteiger partial charge in [0.05, 0.1) is 28.9 Å². The molecule has 0 aliphatic heterocycles. The Hall–Kier alpha value is -4.25. The lowest BCUT2D eigenvalue weighted by molar-refractivity contribution is -0.142. The number of nitrogens with one attached hydrogen (secondary N) is 3. The highest BCUT2D eigenvalue weighted by Gasteiger charge is 2.25. The molecule has 188 valence electrons. The lowest BCUT2D eigenvalue weighted by Gasteiger charge is -2.18. The van der Waals surface area contributed by atoms with Crippen LogP contribution < -0.4 is 16.0 Å². The van der Waals surface area contributed by atoms with Crippen molar-refractivity contribution in [3.8, 4) is 5.75 Å². The Balaban J connectivity index is 1.62. The lowest BCUT2D eigenvalue weighted by Crippen LogP contribution is -2.49. The molecule has 1 atom stereocenters. The van der Waals surface area contributed by atoms with Crippen LogP contribution in [-0.2, 0) is 9.53 Å². The number of ether oxygens (including phenoxy) is 1. The number of amides is 2. The monoisotopic (exact) mass is 509 g/mol. The first-order chi connectivity index (χ1) is 17.3. The van der Waals surface area contributed by atoms with Gasteiger partial charge in [-0.2, -0.15) is 0 Å². The topological polar surface area (TPSA) is 143 Å². The van der Waals surface area contributed by atoms with Gasteiger partial charge in [-0.3, -0.25) is 9.59 Å². The zero-order chi connectivity index (χ0) is 26.1. The van der Waals surface area contributed by atoms with Gasteiger partial charge in [-0.15, -0.1) is 11.3 Å². The lowest BCUT2D eigenvalue weighted by atomic mass is 10.1. The van der Waals surface area contributed by atoms with Crippen LogP contribution in [0.4, 0.5) is 5.95 Å². The van der Waals surface area contributed by atoms with E-state index in [2.05, 4.69) is 25.9 Å². The van der Waals surface area contributed by atoms with Crippen LogP contribution in [0.25, 0.3) is 6.08 Å². The molecule has 4 N–H and O–H groups in total. The summed E-state index contributed by atoms with van der Waals surface area (Å²) in [6.07, 6.45) is 3.77. The fourth-order valence-corrected chi connectivity index (χ4v) is 3.95. The Morgan fingerprint density at radius 1 is 1.08 bits per heavy atom. The zero-order valence-electron chi connectivity index (χ0n) is 20.1. The molecule has 36 heavy (non-hydrogen) atoms. The summed E-state index contributed by atoms with van der Waals surface area (Å²) in [5, 5.41) is 19.4. The third-order valence-corrected chi connectivity index (χ3v) is 5.95. The third-order valence-electron chi connectivity index (χ3n) is 5.08. The zero-order valence-corrected chi connectivity index (χ0v) is 20.9. The Labute approximate surface area is 212 Å².